The van der Waals surface area contributed by atoms with Crippen LogP contribution >= 0.6 is 11.3 Å². The molecule has 2 aromatic rings. The summed E-state index contributed by atoms with van der Waals surface area (Å²) in [7, 11) is 0. The van der Waals surface area contributed by atoms with Gasteiger partial charge in [0.2, 0.25) is 11.7 Å². The lowest BCUT2D eigenvalue weighted by Gasteiger charge is -2.20. The van der Waals surface area contributed by atoms with Gasteiger partial charge < -0.3 is 15.4 Å². The van der Waals surface area contributed by atoms with Crippen molar-refractivity contribution in [3.8, 4) is 0 Å². The molecule has 1 aromatic heterocycles. The van der Waals surface area contributed by atoms with E-state index in [1.807, 2.05) is 6.07 Å². The molecule has 0 unspecified atom stereocenters. The Morgan fingerprint density at radius 2 is 1.73 bits per heavy atom. The van der Waals surface area contributed by atoms with Crippen molar-refractivity contribution in [1.82, 2.24) is 10.6 Å². The maximum atomic E-state index is 12.5. The molecule has 2 amide bonds. The summed E-state index contributed by atoms with van der Waals surface area (Å²) in [5, 5.41) is 5.38. The first kappa shape index (κ1) is 23.3. The third kappa shape index (κ3) is 7.11. The molecule has 160 valence electrons. The second kappa shape index (κ2) is 11.3. The molecule has 8 heteroatoms. The first-order valence-corrected chi connectivity index (χ1v) is 10.5. The zero-order valence-corrected chi connectivity index (χ0v) is 18.1. The van der Waals surface area contributed by atoms with Crippen LogP contribution in [0.15, 0.2) is 42.5 Å². The third-order valence-corrected chi connectivity index (χ3v) is 5.46. The van der Waals surface area contributed by atoms with E-state index in [1.165, 1.54) is 18.3 Å². The Labute approximate surface area is 179 Å². The van der Waals surface area contributed by atoms with E-state index >= 15 is 0 Å². The zero-order valence-electron chi connectivity index (χ0n) is 17.3. The molecule has 0 aliphatic rings. The van der Waals surface area contributed by atoms with Gasteiger partial charge in [-0.25, -0.2) is 4.79 Å². The molecule has 0 spiro atoms. The van der Waals surface area contributed by atoms with Crippen LogP contribution in [-0.2, 0) is 20.7 Å². The number of ether oxygens (including phenoxy) is 1. The lowest BCUT2D eigenvalue weighted by molar-refractivity contribution is -0.146. The largest absolute Gasteiger partial charge is 0.456 e. The number of hydrogen-bond donors (Lipinski definition) is 2. The van der Waals surface area contributed by atoms with Gasteiger partial charge in [-0.15, -0.1) is 11.3 Å². The van der Waals surface area contributed by atoms with Gasteiger partial charge in [-0.05, 0) is 36.6 Å². The summed E-state index contributed by atoms with van der Waals surface area (Å²) < 4.78 is 5.19. The number of ketones is 1. The maximum Gasteiger partial charge on any atom is 0.329 e. The number of thiophene rings is 1. The highest BCUT2D eigenvalue weighted by Gasteiger charge is 2.27. The van der Waals surface area contributed by atoms with Crippen LogP contribution in [0.4, 0.5) is 0 Å². The van der Waals surface area contributed by atoms with Gasteiger partial charge in [0.15, 0.2) is 6.61 Å². The molecule has 1 aromatic carbocycles. The van der Waals surface area contributed by atoms with Gasteiger partial charge in [0.25, 0.3) is 5.91 Å². The van der Waals surface area contributed by atoms with Crippen LogP contribution in [0, 0.1) is 5.92 Å². The van der Waals surface area contributed by atoms with Crippen molar-refractivity contribution in [1.29, 1.82) is 0 Å². The van der Waals surface area contributed by atoms with Crippen molar-refractivity contribution in [2.24, 2.45) is 5.92 Å². The molecular formula is C22H26N2O5S. The molecule has 7 nitrogen and oxygen atoms in total. The molecule has 1 atom stereocenters. The summed E-state index contributed by atoms with van der Waals surface area (Å²) in [6, 6.07) is 11.2. The molecule has 0 fully saturated rings. The smallest absolute Gasteiger partial charge is 0.329 e. The third-order valence-electron chi connectivity index (χ3n) is 4.27. The van der Waals surface area contributed by atoms with E-state index in [1.54, 1.807) is 50.2 Å². The van der Waals surface area contributed by atoms with Crippen LogP contribution in [0.25, 0.3) is 0 Å². The van der Waals surface area contributed by atoms with Gasteiger partial charge >= 0.3 is 5.97 Å². The quantitative estimate of drug-likeness (QED) is 0.446. The van der Waals surface area contributed by atoms with Crippen LogP contribution in [0.2, 0.25) is 0 Å². The molecule has 0 saturated heterocycles. The van der Waals surface area contributed by atoms with Gasteiger partial charge in [-0.2, -0.15) is 0 Å². The lowest BCUT2D eigenvalue weighted by atomic mass is 10.0. The number of carbonyl (C=O) groups is 4. The second-order valence-corrected chi connectivity index (χ2v) is 8.26. The van der Waals surface area contributed by atoms with Crippen molar-refractivity contribution in [3.05, 3.63) is 57.8 Å². The highest BCUT2D eigenvalue weighted by atomic mass is 32.1. The fourth-order valence-electron chi connectivity index (χ4n) is 2.63. The zero-order chi connectivity index (χ0) is 22.1. The van der Waals surface area contributed by atoms with Crippen molar-refractivity contribution in [3.63, 3.8) is 0 Å². The highest BCUT2D eigenvalue weighted by molar-refractivity contribution is 7.14. The minimum atomic E-state index is -0.859. The Bertz CT molecular complexity index is 892. The molecule has 0 aliphatic heterocycles. The Morgan fingerprint density at radius 3 is 2.37 bits per heavy atom. The molecule has 0 bridgehead atoms. The van der Waals surface area contributed by atoms with Crippen LogP contribution in [0.5, 0.6) is 0 Å². The Morgan fingerprint density at radius 1 is 1.03 bits per heavy atom. The molecule has 2 rings (SSSR count). The fourth-order valence-corrected chi connectivity index (χ4v) is 3.56. The second-order valence-electron chi connectivity index (χ2n) is 7.09. The maximum absolute atomic E-state index is 12.5. The van der Waals surface area contributed by atoms with E-state index in [4.69, 9.17) is 4.74 Å². The first-order chi connectivity index (χ1) is 14.3. The molecule has 0 aliphatic carbocycles. The summed E-state index contributed by atoms with van der Waals surface area (Å²) in [4.78, 5) is 49.5. The van der Waals surface area contributed by atoms with E-state index in [9.17, 15) is 19.2 Å². The van der Waals surface area contributed by atoms with Crippen molar-refractivity contribution in [2.75, 3.05) is 13.2 Å². The van der Waals surface area contributed by atoms with E-state index < -0.39 is 18.6 Å². The average molecular weight is 431 g/mol. The van der Waals surface area contributed by atoms with E-state index in [0.29, 0.717) is 23.4 Å². The molecule has 1 heterocycles. The highest BCUT2D eigenvalue weighted by Crippen LogP contribution is 2.18. The van der Waals surface area contributed by atoms with Crippen LogP contribution in [0.1, 0.15) is 45.7 Å². The van der Waals surface area contributed by atoms with Crippen molar-refractivity contribution < 1.29 is 23.9 Å². The SMILES string of the molecule is CC(=O)NCCc1ccc(C(=O)COC(=O)[C@@H](NC(=O)c2ccccc2)C(C)C)s1. The first-order valence-electron chi connectivity index (χ1n) is 9.66. The average Bonchev–Trinajstić information content (AvgIpc) is 3.19. The number of benzene rings is 1. The normalized spacial score (nSPS) is 11.6. The Kier molecular flexibility index (Phi) is 8.73. The number of nitrogens with one attached hydrogen (secondary N) is 2. The standard InChI is InChI=1S/C22H26N2O5S/c1-14(2)20(24-21(27)16-7-5-4-6-8-16)22(28)29-13-18(26)19-10-9-17(30-19)11-12-23-15(3)25/h4-10,14,20H,11-13H2,1-3H3,(H,23,25)(H,24,27)/t20-/m0/s1. The van der Waals surface area contributed by atoms with E-state index in [0.717, 1.165) is 4.88 Å². The topological polar surface area (TPSA) is 102 Å². The minimum Gasteiger partial charge on any atom is -0.456 e. The Balaban J connectivity index is 1.89. The van der Waals surface area contributed by atoms with Gasteiger partial charge in [-0.3, -0.25) is 14.4 Å². The molecule has 0 radical (unpaired) electrons. The molecule has 30 heavy (non-hydrogen) atoms. The summed E-state index contributed by atoms with van der Waals surface area (Å²) in [5.74, 6) is -1.64. The van der Waals surface area contributed by atoms with Crippen molar-refractivity contribution in [2.45, 2.75) is 33.2 Å². The number of rotatable bonds is 10. The number of amides is 2. The summed E-state index contributed by atoms with van der Waals surface area (Å²) in [6.45, 7) is 5.13. The number of carbonyl (C=O) groups excluding carboxylic acids is 4. The molecule has 0 saturated carbocycles. The van der Waals surface area contributed by atoms with Gasteiger partial charge in [0.1, 0.15) is 6.04 Å². The van der Waals surface area contributed by atoms with Crippen LogP contribution in [0.3, 0.4) is 0 Å². The molecule has 2 N–H and O–H groups in total. The van der Waals surface area contributed by atoms with Gasteiger partial charge in [-0.1, -0.05) is 32.0 Å². The van der Waals surface area contributed by atoms with Gasteiger partial charge in [0, 0.05) is 23.9 Å². The van der Waals surface area contributed by atoms with E-state index in [2.05, 4.69) is 10.6 Å². The summed E-state index contributed by atoms with van der Waals surface area (Å²) in [5.41, 5.74) is 0.442. The minimum absolute atomic E-state index is 0.103. The lowest BCUT2D eigenvalue weighted by Crippen LogP contribution is -2.45. The van der Waals surface area contributed by atoms with Gasteiger partial charge in [0.05, 0.1) is 4.88 Å². The van der Waals surface area contributed by atoms with Crippen LogP contribution < -0.4 is 10.6 Å². The number of hydrogen-bond acceptors (Lipinski definition) is 6. The van der Waals surface area contributed by atoms with Crippen LogP contribution in [-0.4, -0.2) is 42.8 Å². The molecular weight excluding hydrogens is 404 g/mol. The predicted molar refractivity (Wildman–Crippen MR) is 115 cm³/mol. The van der Waals surface area contributed by atoms with Crippen molar-refractivity contribution >= 4 is 34.9 Å². The summed E-state index contributed by atoms with van der Waals surface area (Å²) >= 11 is 1.31. The Hall–Kier alpha value is -3.00. The number of Topliss-reactive ketones (excluding diaryl/α,β-unsaturated/α-hetero) is 1. The monoisotopic (exact) mass is 430 g/mol. The number of esters is 1. The predicted octanol–water partition coefficient (Wildman–Crippen LogP) is 2.61. The van der Waals surface area contributed by atoms with E-state index in [-0.39, 0.29) is 23.5 Å². The fraction of sp³-hybridized carbons (Fsp3) is 0.364. The summed E-state index contributed by atoms with van der Waals surface area (Å²) in [6.07, 6.45) is 0.623.